The zero-order valence-electron chi connectivity index (χ0n) is 17.6. The van der Waals surface area contributed by atoms with Crippen LogP contribution < -0.4 is 20.1 Å². The quantitative estimate of drug-likeness (QED) is 0.533. The molecule has 0 aliphatic rings. The van der Waals surface area contributed by atoms with Crippen molar-refractivity contribution in [2.45, 2.75) is 32.4 Å². The summed E-state index contributed by atoms with van der Waals surface area (Å²) in [6.45, 7) is 3.27. The number of rotatable bonds is 8. The van der Waals surface area contributed by atoms with E-state index >= 15 is 0 Å². The van der Waals surface area contributed by atoms with Crippen LogP contribution >= 0.6 is 0 Å². The lowest BCUT2D eigenvalue weighted by Crippen LogP contribution is -2.48. The van der Waals surface area contributed by atoms with Crippen LogP contribution in [0.1, 0.15) is 31.0 Å². The molecule has 1 unspecified atom stereocenters. The Morgan fingerprint density at radius 1 is 1.07 bits per heavy atom. The Labute approximate surface area is 175 Å². The molecular weight excluding hydrogens is 382 g/mol. The maximum absolute atomic E-state index is 13.1. The molecule has 158 valence electrons. The summed E-state index contributed by atoms with van der Waals surface area (Å²) < 4.78 is 10.7. The van der Waals surface area contributed by atoms with Crippen molar-refractivity contribution in [3.63, 3.8) is 0 Å². The van der Waals surface area contributed by atoms with Gasteiger partial charge in [0.05, 0.1) is 20.3 Å². The number of methoxy groups -OCH3 is 2. The molecule has 7 nitrogen and oxygen atoms in total. The number of hydrogen-bond acceptors (Lipinski definition) is 4. The Kier molecular flexibility index (Phi) is 6.61. The number of hydrogen-bond donors (Lipinski definition) is 3. The summed E-state index contributed by atoms with van der Waals surface area (Å²) in [6.07, 6.45) is 2.25. The molecule has 0 spiro atoms. The van der Waals surface area contributed by atoms with E-state index in [2.05, 4.69) is 15.6 Å². The van der Waals surface area contributed by atoms with Crippen molar-refractivity contribution in [3.05, 3.63) is 59.8 Å². The number of nitrogens with one attached hydrogen (secondary N) is 3. The van der Waals surface area contributed by atoms with E-state index in [0.717, 1.165) is 22.0 Å². The third kappa shape index (κ3) is 4.74. The first-order valence-electron chi connectivity index (χ1n) is 9.77. The second-order valence-electron chi connectivity index (χ2n) is 7.15. The zero-order chi connectivity index (χ0) is 21.7. The zero-order valence-corrected chi connectivity index (χ0v) is 17.6. The molecule has 0 aliphatic carbocycles. The number of H-pyrrole nitrogens is 1. The molecule has 2 atom stereocenters. The fourth-order valence-corrected chi connectivity index (χ4v) is 3.54. The van der Waals surface area contributed by atoms with Gasteiger partial charge in [-0.3, -0.25) is 9.59 Å². The van der Waals surface area contributed by atoms with E-state index in [9.17, 15) is 9.59 Å². The van der Waals surface area contributed by atoms with Gasteiger partial charge in [-0.2, -0.15) is 0 Å². The number of aromatic amines is 1. The van der Waals surface area contributed by atoms with Crippen LogP contribution in [0.3, 0.4) is 0 Å². The lowest BCUT2D eigenvalue weighted by Gasteiger charge is -2.22. The lowest BCUT2D eigenvalue weighted by atomic mass is 10.0. The Morgan fingerprint density at radius 3 is 2.53 bits per heavy atom. The third-order valence-corrected chi connectivity index (χ3v) is 5.06. The van der Waals surface area contributed by atoms with Crippen LogP contribution in [0.5, 0.6) is 11.5 Å². The monoisotopic (exact) mass is 409 g/mol. The van der Waals surface area contributed by atoms with Gasteiger partial charge in [-0.25, -0.2) is 0 Å². The van der Waals surface area contributed by atoms with Crippen LogP contribution in [-0.2, 0) is 16.0 Å². The third-order valence-electron chi connectivity index (χ3n) is 5.06. The van der Waals surface area contributed by atoms with E-state index in [0.29, 0.717) is 17.9 Å². The van der Waals surface area contributed by atoms with Crippen LogP contribution in [0.2, 0.25) is 0 Å². The summed E-state index contributed by atoms with van der Waals surface area (Å²) in [5, 5.41) is 6.79. The van der Waals surface area contributed by atoms with Crippen molar-refractivity contribution in [3.8, 4) is 11.5 Å². The van der Waals surface area contributed by atoms with Crippen molar-refractivity contribution in [1.29, 1.82) is 0 Å². The first kappa shape index (κ1) is 21.2. The van der Waals surface area contributed by atoms with Gasteiger partial charge in [0.1, 0.15) is 17.5 Å². The van der Waals surface area contributed by atoms with Gasteiger partial charge in [0.2, 0.25) is 11.8 Å². The highest BCUT2D eigenvalue weighted by Crippen LogP contribution is 2.29. The van der Waals surface area contributed by atoms with E-state index in [4.69, 9.17) is 9.47 Å². The van der Waals surface area contributed by atoms with Crippen molar-refractivity contribution in [2.75, 3.05) is 14.2 Å². The molecule has 0 bridgehead atoms. The molecule has 2 amide bonds. The minimum absolute atomic E-state index is 0.262. The average Bonchev–Trinajstić information content (AvgIpc) is 3.15. The standard InChI is InChI=1S/C23H27N3O4/c1-14(19-12-17(29-3)9-10-22(19)30-4)25-23(28)21(26-15(2)27)11-16-13-24-20-8-6-5-7-18(16)20/h5-10,12-14,21,24H,11H2,1-4H3,(H,25,28)(H,26,27)/t14?,21-/m0/s1. The van der Waals surface area contributed by atoms with Gasteiger partial charge < -0.3 is 25.1 Å². The SMILES string of the molecule is COc1ccc(OC)c(C(C)NC(=O)[C@H](Cc2c[nH]c3ccccc23)NC(C)=O)c1. The summed E-state index contributed by atoms with van der Waals surface area (Å²) in [6, 6.07) is 12.2. The number of fused-ring (bicyclic) bond motifs is 1. The predicted molar refractivity (Wildman–Crippen MR) is 116 cm³/mol. The molecule has 3 N–H and O–H groups in total. The lowest BCUT2D eigenvalue weighted by molar-refractivity contribution is -0.128. The first-order chi connectivity index (χ1) is 14.4. The molecule has 0 radical (unpaired) electrons. The van der Waals surface area contributed by atoms with E-state index in [1.807, 2.05) is 43.5 Å². The maximum Gasteiger partial charge on any atom is 0.243 e. The van der Waals surface area contributed by atoms with E-state index in [-0.39, 0.29) is 17.9 Å². The maximum atomic E-state index is 13.1. The Balaban J connectivity index is 1.81. The van der Waals surface area contributed by atoms with Crippen molar-refractivity contribution >= 4 is 22.7 Å². The molecule has 2 aromatic carbocycles. The Hall–Kier alpha value is -3.48. The summed E-state index contributed by atoms with van der Waals surface area (Å²) in [5.74, 6) is 0.787. The van der Waals surface area contributed by atoms with Crippen LogP contribution in [0.4, 0.5) is 0 Å². The number of carbonyl (C=O) groups is 2. The normalized spacial score (nSPS) is 12.8. The summed E-state index contributed by atoms with van der Waals surface area (Å²) in [4.78, 5) is 28.0. The molecule has 3 aromatic rings. The molecule has 0 saturated carbocycles. The number of para-hydroxylation sites is 1. The van der Waals surface area contributed by atoms with E-state index in [1.54, 1.807) is 26.4 Å². The largest absolute Gasteiger partial charge is 0.497 e. The fraction of sp³-hybridized carbons (Fsp3) is 0.304. The van der Waals surface area contributed by atoms with Gasteiger partial charge in [0, 0.05) is 36.0 Å². The Morgan fingerprint density at radius 2 is 1.83 bits per heavy atom. The van der Waals surface area contributed by atoms with E-state index in [1.165, 1.54) is 6.92 Å². The van der Waals surface area contributed by atoms with Crippen molar-refractivity contribution < 1.29 is 19.1 Å². The molecule has 30 heavy (non-hydrogen) atoms. The fourth-order valence-electron chi connectivity index (χ4n) is 3.54. The molecule has 0 saturated heterocycles. The smallest absolute Gasteiger partial charge is 0.243 e. The van der Waals surface area contributed by atoms with Gasteiger partial charge in [0.15, 0.2) is 0 Å². The minimum Gasteiger partial charge on any atom is -0.497 e. The molecule has 0 fully saturated rings. The number of aromatic nitrogens is 1. The highest BCUT2D eigenvalue weighted by Gasteiger charge is 2.24. The second-order valence-corrected chi connectivity index (χ2v) is 7.15. The van der Waals surface area contributed by atoms with Crippen molar-refractivity contribution in [2.24, 2.45) is 0 Å². The van der Waals surface area contributed by atoms with Gasteiger partial charge in [-0.15, -0.1) is 0 Å². The molecule has 1 aromatic heterocycles. The summed E-state index contributed by atoms with van der Waals surface area (Å²) in [5.41, 5.74) is 2.74. The van der Waals surface area contributed by atoms with Crippen molar-refractivity contribution in [1.82, 2.24) is 15.6 Å². The molecule has 3 rings (SSSR count). The van der Waals surface area contributed by atoms with Crippen LogP contribution in [0, 0.1) is 0 Å². The highest BCUT2D eigenvalue weighted by atomic mass is 16.5. The minimum atomic E-state index is -0.708. The van der Waals surface area contributed by atoms with Crippen LogP contribution in [-0.4, -0.2) is 37.1 Å². The molecule has 0 aliphatic heterocycles. The summed E-state index contributed by atoms with van der Waals surface area (Å²) >= 11 is 0. The predicted octanol–water partition coefficient (Wildman–Crippen LogP) is 3.11. The number of carbonyl (C=O) groups excluding carboxylic acids is 2. The first-order valence-corrected chi connectivity index (χ1v) is 9.77. The number of benzene rings is 2. The molecule has 1 heterocycles. The second kappa shape index (κ2) is 9.35. The van der Waals surface area contributed by atoms with Crippen LogP contribution in [0.25, 0.3) is 10.9 Å². The highest BCUT2D eigenvalue weighted by molar-refractivity contribution is 5.89. The Bertz CT molecular complexity index is 1040. The molecule has 7 heteroatoms. The van der Waals surface area contributed by atoms with Gasteiger partial charge in [0.25, 0.3) is 0 Å². The van der Waals surface area contributed by atoms with Gasteiger partial charge in [-0.1, -0.05) is 18.2 Å². The molecular formula is C23H27N3O4. The number of amides is 2. The van der Waals surface area contributed by atoms with Gasteiger partial charge >= 0.3 is 0 Å². The summed E-state index contributed by atoms with van der Waals surface area (Å²) in [7, 11) is 3.17. The average molecular weight is 409 g/mol. The topological polar surface area (TPSA) is 92.4 Å². The van der Waals surface area contributed by atoms with E-state index < -0.39 is 6.04 Å². The van der Waals surface area contributed by atoms with Gasteiger partial charge in [-0.05, 0) is 36.8 Å². The van der Waals surface area contributed by atoms with Crippen LogP contribution in [0.15, 0.2) is 48.7 Å². The number of ether oxygens (including phenoxy) is 2.